The minimum absolute atomic E-state index is 0.157. The van der Waals surface area contributed by atoms with Crippen molar-refractivity contribution in [3.8, 4) is 0 Å². The Kier molecular flexibility index (Phi) is 5.65. The summed E-state index contributed by atoms with van der Waals surface area (Å²) in [4.78, 5) is 14.0. The molecule has 1 aliphatic heterocycles. The molecule has 4 heteroatoms. The Morgan fingerprint density at radius 3 is 2.30 bits per heavy atom. The summed E-state index contributed by atoms with van der Waals surface area (Å²) >= 11 is 0. The van der Waals surface area contributed by atoms with E-state index in [1.165, 1.54) is 12.8 Å². The van der Waals surface area contributed by atoms with Gasteiger partial charge in [0.25, 0.3) is 0 Å². The van der Waals surface area contributed by atoms with E-state index in [0.29, 0.717) is 17.4 Å². The highest BCUT2D eigenvalue weighted by molar-refractivity contribution is 5.68. The molecule has 2 aliphatic rings. The molecule has 2 rings (SSSR count). The van der Waals surface area contributed by atoms with E-state index in [9.17, 15) is 4.79 Å². The molecule has 1 amide bonds. The zero-order chi connectivity index (χ0) is 17.3. The van der Waals surface area contributed by atoms with Crippen molar-refractivity contribution in [3.05, 3.63) is 0 Å². The van der Waals surface area contributed by atoms with Gasteiger partial charge in [-0.2, -0.15) is 0 Å². The van der Waals surface area contributed by atoms with Crippen LogP contribution in [-0.4, -0.2) is 42.3 Å². The lowest BCUT2D eigenvalue weighted by molar-refractivity contribution is 0.0183. The van der Waals surface area contributed by atoms with Gasteiger partial charge < -0.3 is 15.0 Å². The van der Waals surface area contributed by atoms with E-state index in [2.05, 4.69) is 26.1 Å². The van der Waals surface area contributed by atoms with Crippen molar-refractivity contribution in [2.75, 3.05) is 19.6 Å². The van der Waals surface area contributed by atoms with Gasteiger partial charge in [0.1, 0.15) is 5.60 Å². The summed E-state index contributed by atoms with van der Waals surface area (Å²) in [6.45, 7) is 15.6. The van der Waals surface area contributed by atoms with Crippen LogP contribution in [0.4, 0.5) is 4.79 Å². The summed E-state index contributed by atoms with van der Waals surface area (Å²) in [5.74, 6) is 1.46. The summed E-state index contributed by atoms with van der Waals surface area (Å²) in [6.07, 6.45) is 4.61. The first-order chi connectivity index (χ1) is 10.6. The van der Waals surface area contributed by atoms with Crippen molar-refractivity contribution in [1.82, 2.24) is 10.2 Å². The normalized spacial score (nSPS) is 28.9. The molecule has 2 fully saturated rings. The van der Waals surface area contributed by atoms with Crippen LogP contribution in [-0.2, 0) is 4.74 Å². The van der Waals surface area contributed by atoms with Crippen LogP contribution in [0.1, 0.15) is 67.2 Å². The Labute approximate surface area is 142 Å². The maximum atomic E-state index is 12.1. The fraction of sp³-hybridized carbons (Fsp3) is 0.947. The summed E-state index contributed by atoms with van der Waals surface area (Å²) < 4.78 is 5.46. The van der Waals surface area contributed by atoms with Crippen molar-refractivity contribution >= 4 is 6.09 Å². The molecule has 4 nitrogen and oxygen atoms in total. The molecule has 2 atom stereocenters. The average Bonchev–Trinajstić information content (AvgIpc) is 2.67. The minimum atomic E-state index is -0.402. The van der Waals surface area contributed by atoms with E-state index in [-0.39, 0.29) is 6.09 Å². The van der Waals surface area contributed by atoms with E-state index in [1.807, 2.05) is 25.7 Å². The molecule has 1 N–H and O–H groups in total. The number of hydrogen-bond donors (Lipinski definition) is 1. The highest BCUT2D eigenvalue weighted by atomic mass is 16.6. The third-order valence-electron chi connectivity index (χ3n) is 5.27. The number of hydrogen-bond acceptors (Lipinski definition) is 3. The monoisotopic (exact) mass is 324 g/mol. The molecule has 1 saturated carbocycles. The van der Waals surface area contributed by atoms with E-state index >= 15 is 0 Å². The van der Waals surface area contributed by atoms with Crippen molar-refractivity contribution in [2.45, 2.75) is 78.9 Å². The molecule has 0 aromatic heterocycles. The number of amides is 1. The van der Waals surface area contributed by atoms with Gasteiger partial charge in [-0.1, -0.05) is 20.8 Å². The standard InChI is InChI=1S/C19H36N2O2/c1-14-11-19(5,6)12-16(14)20-13-15-7-9-21(10-8-15)17(22)23-18(2,3)4/h14-16,20H,7-13H2,1-6H3. The number of nitrogens with zero attached hydrogens (tertiary/aromatic N) is 1. The highest BCUT2D eigenvalue weighted by Gasteiger charge is 2.36. The van der Waals surface area contributed by atoms with Crippen LogP contribution >= 0.6 is 0 Å². The second kappa shape index (κ2) is 7.00. The van der Waals surface area contributed by atoms with Crippen LogP contribution in [0, 0.1) is 17.3 Å². The van der Waals surface area contributed by atoms with Crippen molar-refractivity contribution in [3.63, 3.8) is 0 Å². The van der Waals surface area contributed by atoms with Crippen LogP contribution in [0.15, 0.2) is 0 Å². The molecule has 0 aromatic rings. The molecule has 0 aromatic carbocycles. The minimum Gasteiger partial charge on any atom is -0.444 e. The van der Waals surface area contributed by atoms with Gasteiger partial charge in [0.15, 0.2) is 0 Å². The molecular formula is C19H36N2O2. The number of ether oxygens (including phenoxy) is 1. The Bertz CT molecular complexity index is 406. The smallest absolute Gasteiger partial charge is 0.410 e. The fourth-order valence-electron chi connectivity index (χ4n) is 4.13. The SMILES string of the molecule is CC1CC(C)(C)CC1NCC1CCN(C(=O)OC(C)(C)C)CC1. The molecule has 0 spiro atoms. The van der Waals surface area contributed by atoms with Crippen molar-refractivity contribution in [2.24, 2.45) is 17.3 Å². The van der Waals surface area contributed by atoms with Gasteiger partial charge >= 0.3 is 6.09 Å². The van der Waals surface area contributed by atoms with Crippen LogP contribution in [0.5, 0.6) is 0 Å². The lowest BCUT2D eigenvalue weighted by atomic mass is 9.91. The first kappa shape index (κ1) is 18.6. The summed E-state index contributed by atoms with van der Waals surface area (Å²) in [5, 5.41) is 3.80. The third-order valence-corrected chi connectivity index (χ3v) is 5.27. The first-order valence-corrected chi connectivity index (χ1v) is 9.27. The maximum Gasteiger partial charge on any atom is 0.410 e. The lowest BCUT2D eigenvalue weighted by Crippen LogP contribution is -2.44. The fourth-order valence-corrected chi connectivity index (χ4v) is 4.13. The quantitative estimate of drug-likeness (QED) is 0.851. The zero-order valence-corrected chi connectivity index (χ0v) is 15.9. The van der Waals surface area contributed by atoms with Gasteiger partial charge in [-0.25, -0.2) is 4.79 Å². The van der Waals surface area contributed by atoms with Crippen molar-refractivity contribution in [1.29, 1.82) is 0 Å². The van der Waals surface area contributed by atoms with Crippen LogP contribution in [0.25, 0.3) is 0 Å². The molecular weight excluding hydrogens is 288 g/mol. The molecule has 134 valence electrons. The maximum absolute atomic E-state index is 12.1. The Morgan fingerprint density at radius 1 is 1.22 bits per heavy atom. The van der Waals surface area contributed by atoms with Gasteiger partial charge in [0.2, 0.25) is 0 Å². The summed E-state index contributed by atoms with van der Waals surface area (Å²) in [5.41, 5.74) is 0.0814. The molecule has 0 radical (unpaired) electrons. The molecule has 23 heavy (non-hydrogen) atoms. The van der Waals surface area contributed by atoms with Gasteiger partial charge in [-0.15, -0.1) is 0 Å². The van der Waals surface area contributed by atoms with Crippen LogP contribution < -0.4 is 5.32 Å². The van der Waals surface area contributed by atoms with Gasteiger partial charge in [0, 0.05) is 19.1 Å². The van der Waals surface area contributed by atoms with E-state index < -0.39 is 5.60 Å². The second-order valence-corrected chi connectivity index (χ2v) is 9.48. The van der Waals surface area contributed by atoms with E-state index in [1.54, 1.807) is 0 Å². The summed E-state index contributed by atoms with van der Waals surface area (Å²) in [6, 6.07) is 0.661. The van der Waals surface area contributed by atoms with Crippen molar-refractivity contribution < 1.29 is 9.53 Å². The van der Waals surface area contributed by atoms with E-state index in [0.717, 1.165) is 38.4 Å². The Balaban J connectivity index is 1.70. The van der Waals surface area contributed by atoms with Gasteiger partial charge in [0.05, 0.1) is 0 Å². The molecule has 2 unspecified atom stereocenters. The predicted octanol–water partition coefficient (Wildman–Crippen LogP) is 4.05. The average molecular weight is 325 g/mol. The molecule has 0 bridgehead atoms. The Morgan fingerprint density at radius 2 is 1.83 bits per heavy atom. The number of carbonyl (C=O) groups excluding carboxylic acids is 1. The third kappa shape index (κ3) is 5.66. The molecule has 1 saturated heterocycles. The first-order valence-electron chi connectivity index (χ1n) is 9.27. The highest BCUT2D eigenvalue weighted by Crippen LogP contribution is 2.40. The largest absolute Gasteiger partial charge is 0.444 e. The summed E-state index contributed by atoms with van der Waals surface area (Å²) in [7, 11) is 0. The lowest BCUT2D eigenvalue weighted by Gasteiger charge is -2.34. The molecule has 1 heterocycles. The number of nitrogens with one attached hydrogen (secondary N) is 1. The Hall–Kier alpha value is -0.770. The predicted molar refractivity (Wildman–Crippen MR) is 94.5 cm³/mol. The topological polar surface area (TPSA) is 41.6 Å². The van der Waals surface area contributed by atoms with Gasteiger partial charge in [-0.3, -0.25) is 0 Å². The van der Waals surface area contributed by atoms with Crippen LogP contribution in [0.2, 0.25) is 0 Å². The zero-order valence-electron chi connectivity index (χ0n) is 15.9. The number of likely N-dealkylation sites (tertiary alicyclic amines) is 1. The number of piperidine rings is 1. The number of rotatable bonds is 3. The van der Waals surface area contributed by atoms with E-state index in [4.69, 9.17) is 4.74 Å². The second-order valence-electron chi connectivity index (χ2n) is 9.48. The van der Waals surface area contributed by atoms with Gasteiger partial charge in [-0.05, 0) is 70.3 Å². The van der Waals surface area contributed by atoms with Crippen LogP contribution in [0.3, 0.4) is 0 Å². The molecule has 1 aliphatic carbocycles. The number of carbonyl (C=O) groups is 1.